The molecule has 1 rings (SSSR count). The Balaban J connectivity index is 3.29. The van der Waals surface area contributed by atoms with Gasteiger partial charge < -0.3 is 5.73 Å². The molecular weight excluding hydrogens is 241 g/mol. The summed E-state index contributed by atoms with van der Waals surface area (Å²) in [6.45, 7) is 3.33. The summed E-state index contributed by atoms with van der Waals surface area (Å²) in [5, 5.41) is 0. The van der Waals surface area contributed by atoms with Crippen molar-refractivity contribution in [2.24, 2.45) is 11.7 Å². The molecule has 0 radical (unpaired) electrons. The summed E-state index contributed by atoms with van der Waals surface area (Å²) in [7, 11) is 0. The second kappa shape index (κ2) is 4.60. The Morgan fingerprint density at radius 3 is 2.00 bits per heavy atom. The highest BCUT2D eigenvalue weighted by Crippen LogP contribution is 2.34. The number of halogens is 5. The van der Waals surface area contributed by atoms with Gasteiger partial charge in [0, 0.05) is 11.6 Å². The van der Waals surface area contributed by atoms with Crippen molar-refractivity contribution in [3.8, 4) is 0 Å². The van der Waals surface area contributed by atoms with E-state index < -0.39 is 29.4 Å². The summed E-state index contributed by atoms with van der Waals surface area (Å²) in [5.74, 6) is -3.63. The van der Waals surface area contributed by atoms with Gasteiger partial charge in [-0.25, -0.2) is 8.78 Å². The van der Waals surface area contributed by atoms with Gasteiger partial charge in [-0.2, -0.15) is 13.2 Å². The summed E-state index contributed by atoms with van der Waals surface area (Å²) in [4.78, 5) is 0. The van der Waals surface area contributed by atoms with Crippen LogP contribution >= 0.6 is 0 Å². The van der Waals surface area contributed by atoms with Crippen LogP contribution < -0.4 is 5.73 Å². The van der Waals surface area contributed by atoms with Crippen LogP contribution in [-0.4, -0.2) is 0 Å². The van der Waals surface area contributed by atoms with Gasteiger partial charge in [-0.15, -0.1) is 0 Å². The number of nitrogens with two attached hydrogens (primary N) is 1. The molecule has 0 saturated carbocycles. The lowest BCUT2D eigenvalue weighted by atomic mass is 9.95. The first kappa shape index (κ1) is 13.9. The van der Waals surface area contributed by atoms with Crippen LogP contribution in [-0.2, 0) is 6.18 Å². The van der Waals surface area contributed by atoms with E-state index in [9.17, 15) is 22.0 Å². The molecule has 6 heteroatoms. The van der Waals surface area contributed by atoms with Gasteiger partial charge in [-0.1, -0.05) is 19.9 Å². The summed E-state index contributed by atoms with van der Waals surface area (Å²) in [6.07, 6.45) is -4.91. The normalized spacial score (nSPS) is 14.2. The van der Waals surface area contributed by atoms with Crippen LogP contribution in [0.25, 0.3) is 0 Å². The fourth-order valence-electron chi connectivity index (χ4n) is 1.40. The molecule has 0 bridgehead atoms. The molecule has 0 aliphatic rings. The Labute approximate surface area is 95.4 Å². The number of hydrogen-bond acceptors (Lipinski definition) is 1. The van der Waals surface area contributed by atoms with Crippen molar-refractivity contribution in [1.29, 1.82) is 0 Å². The number of rotatable bonds is 2. The smallest absolute Gasteiger partial charge is 0.324 e. The fraction of sp³-hybridized carbons (Fsp3) is 0.455. The Morgan fingerprint density at radius 2 is 1.59 bits per heavy atom. The lowest BCUT2D eigenvalue weighted by Gasteiger charge is -2.18. The van der Waals surface area contributed by atoms with Gasteiger partial charge in [0.05, 0.1) is 5.56 Å². The van der Waals surface area contributed by atoms with Gasteiger partial charge in [0.1, 0.15) is 0 Å². The molecule has 2 N–H and O–H groups in total. The first-order valence-electron chi connectivity index (χ1n) is 4.97. The van der Waals surface area contributed by atoms with E-state index in [0.717, 1.165) is 6.07 Å². The molecule has 0 aliphatic carbocycles. The molecule has 1 unspecified atom stereocenters. The van der Waals surface area contributed by atoms with Crippen molar-refractivity contribution >= 4 is 0 Å². The van der Waals surface area contributed by atoms with E-state index in [0.29, 0.717) is 6.07 Å². The minimum atomic E-state index is -4.91. The SMILES string of the molecule is CC(C)C(N)c1ccc(C(F)(F)F)c(F)c1F. The number of hydrogen-bond donors (Lipinski definition) is 1. The molecule has 17 heavy (non-hydrogen) atoms. The first-order chi connectivity index (χ1) is 7.66. The molecule has 1 aromatic rings. The number of benzene rings is 1. The number of alkyl halides is 3. The molecule has 0 heterocycles. The average Bonchev–Trinajstić information content (AvgIpc) is 2.19. The zero-order valence-corrected chi connectivity index (χ0v) is 9.28. The summed E-state index contributed by atoms with van der Waals surface area (Å²) in [5.41, 5.74) is 3.72. The van der Waals surface area contributed by atoms with Crippen molar-refractivity contribution in [3.05, 3.63) is 34.9 Å². The van der Waals surface area contributed by atoms with E-state index in [1.807, 2.05) is 0 Å². The van der Waals surface area contributed by atoms with Crippen LogP contribution in [0.3, 0.4) is 0 Å². The van der Waals surface area contributed by atoms with Crippen LogP contribution in [0, 0.1) is 17.6 Å². The maximum absolute atomic E-state index is 13.4. The van der Waals surface area contributed by atoms with Crippen LogP contribution in [0.5, 0.6) is 0 Å². The predicted molar refractivity (Wildman–Crippen MR) is 53.1 cm³/mol. The van der Waals surface area contributed by atoms with E-state index in [1.165, 1.54) is 0 Å². The van der Waals surface area contributed by atoms with E-state index in [1.54, 1.807) is 13.8 Å². The molecule has 1 aromatic carbocycles. The standard InChI is InChI=1S/C11H12F5N/c1-5(2)10(17)6-3-4-7(11(14,15)16)9(13)8(6)12/h3-5,10H,17H2,1-2H3. The van der Waals surface area contributed by atoms with Gasteiger partial charge in [-0.05, 0) is 12.0 Å². The quantitative estimate of drug-likeness (QED) is 0.800. The molecule has 0 amide bonds. The van der Waals surface area contributed by atoms with Gasteiger partial charge in [0.25, 0.3) is 0 Å². The highest BCUT2D eigenvalue weighted by molar-refractivity contribution is 5.30. The summed E-state index contributed by atoms with van der Waals surface area (Å²) in [6, 6.07) is 0.550. The molecule has 0 fully saturated rings. The Bertz CT molecular complexity index is 411. The van der Waals surface area contributed by atoms with E-state index in [4.69, 9.17) is 5.73 Å². The predicted octanol–water partition coefficient (Wildman–Crippen LogP) is 3.64. The van der Waals surface area contributed by atoms with Gasteiger partial charge in [-0.3, -0.25) is 0 Å². The van der Waals surface area contributed by atoms with E-state index in [2.05, 4.69) is 0 Å². The molecule has 1 atom stereocenters. The van der Waals surface area contributed by atoms with Gasteiger partial charge in [0.15, 0.2) is 11.6 Å². The minimum Gasteiger partial charge on any atom is -0.324 e. The molecular formula is C11H12F5N. The summed E-state index contributed by atoms with van der Waals surface area (Å²) < 4.78 is 63.5. The third kappa shape index (κ3) is 2.74. The minimum absolute atomic E-state index is 0.208. The lowest BCUT2D eigenvalue weighted by molar-refractivity contribution is -0.140. The van der Waals surface area contributed by atoms with Crippen molar-refractivity contribution < 1.29 is 22.0 Å². The third-order valence-corrected chi connectivity index (χ3v) is 2.49. The van der Waals surface area contributed by atoms with Crippen molar-refractivity contribution in [2.75, 3.05) is 0 Å². The molecule has 0 aromatic heterocycles. The summed E-state index contributed by atoms with van der Waals surface area (Å²) >= 11 is 0. The topological polar surface area (TPSA) is 26.0 Å². The second-order valence-electron chi connectivity index (χ2n) is 4.10. The largest absolute Gasteiger partial charge is 0.419 e. The molecule has 1 nitrogen and oxygen atoms in total. The second-order valence-corrected chi connectivity index (χ2v) is 4.10. The third-order valence-electron chi connectivity index (χ3n) is 2.49. The Morgan fingerprint density at radius 1 is 1.06 bits per heavy atom. The van der Waals surface area contributed by atoms with E-state index in [-0.39, 0.29) is 11.5 Å². The van der Waals surface area contributed by atoms with Crippen molar-refractivity contribution in [3.63, 3.8) is 0 Å². The zero-order chi connectivity index (χ0) is 13.4. The zero-order valence-electron chi connectivity index (χ0n) is 9.28. The lowest BCUT2D eigenvalue weighted by Crippen LogP contribution is -2.20. The maximum Gasteiger partial charge on any atom is 0.419 e. The molecule has 0 aliphatic heterocycles. The van der Waals surface area contributed by atoms with Crippen molar-refractivity contribution in [1.82, 2.24) is 0 Å². The Kier molecular flexibility index (Phi) is 3.76. The molecule has 96 valence electrons. The molecule has 0 saturated heterocycles. The first-order valence-corrected chi connectivity index (χ1v) is 4.97. The highest BCUT2D eigenvalue weighted by Gasteiger charge is 2.36. The van der Waals surface area contributed by atoms with Crippen LogP contribution in [0.4, 0.5) is 22.0 Å². The van der Waals surface area contributed by atoms with Crippen LogP contribution in [0.2, 0.25) is 0 Å². The monoisotopic (exact) mass is 253 g/mol. The van der Waals surface area contributed by atoms with Gasteiger partial charge >= 0.3 is 6.18 Å². The van der Waals surface area contributed by atoms with Crippen LogP contribution in [0.1, 0.15) is 31.0 Å². The van der Waals surface area contributed by atoms with Crippen molar-refractivity contribution in [2.45, 2.75) is 26.1 Å². The van der Waals surface area contributed by atoms with Crippen LogP contribution in [0.15, 0.2) is 12.1 Å². The average molecular weight is 253 g/mol. The maximum atomic E-state index is 13.4. The Hall–Kier alpha value is -1.17. The molecule has 0 spiro atoms. The highest BCUT2D eigenvalue weighted by atomic mass is 19.4. The van der Waals surface area contributed by atoms with Gasteiger partial charge in [0.2, 0.25) is 0 Å². The van der Waals surface area contributed by atoms with E-state index >= 15 is 0 Å². The fourth-order valence-corrected chi connectivity index (χ4v) is 1.40.